The van der Waals surface area contributed by atoms with Crippen molar-refractivity contribution in [2.24, 2.45) is 0 Å². The van der Waals surface area contributed by atoms with Crippen molar-refractivity contribution in [1.29, 1.82) is 0 Å². The molecule has 1 N–H and O–H groups in total. The third-order valence-corrected chi connectivity index (χ3v) is 2.90. The number of rotatable bonds is 2. The van der Waals surface area contributed by atoms with Gasteiger partial charge < -0.3 is 0 Å². The van der Waals surface area contributed by atoms with Crippen molar-refractivity contribution < 1.29 is 4.39 Å². The second kappa shape index (κ2) is 3.40. The molecule has 3 nitrogen and oxygen atoms in total. The number of benzene rings is 1. The zero-order chi connectivity index (χ0) is 11.1. The summed E-state index contributed by atoms with van der Waals surface area (Å²) >= 11 is 0. The summed E-state index contributed by atoms with van der Waals surface area (Å²) in [7, 11) is 0. The van der Waals surface area contributed by atoms with Crippen molar-refractivity contribution in [3.8, 4) is 11.4 Å². The van der Waals surface area contributed by atoms with E-state index in [1.54, 1.807) is 13.0 Å². The Morgan fingerprint density at radius 1 is 1.38 bits per heavy atom. The quantitative estimate of drug-likeness (QED) is 0.840. The van der Waals surface area contributed by atoms with E-state index in [0.717, 1.165) is 11.4 Å². The highest BCUT2D eigenvalue weighted by Crippen LogP contribution is 2.38. The minimum absolute atomic E-state index is 0.213. The Bertz CT molecular complexity index is 529. The van der Waals surface area contributed by atoms with Crippen LogP contribution in [-0.2, 0) is 0 Å². The van der Waals surface area contributed by atoms with E-state index in [0.29, 0.717) is 17.3 Å². The van der Waals surface area contributed by atoms with Crippen molar-refractivity contribution in [3.63, 3.8) is 0 Å². The molecule has 0 spiro atoms. The standard InChI is InChI=1S/C12H12FN3/c1-7-2-3-9(6-10(7)13)12-14-11(15-16-12)8-4-5-8/h2-3,6,8H,4-5H2,1H3,(H,14,15,16). The van der Waals surface area contributed by atoms with Gasteiger partial charge in [-0.05, 0) is 31.4 Å². The van der Waals surface area contributed by atoms with Crippen LogP contribution in [0.5, 0.6) is 0 Å². The van der Waals surface area contributed by atoms with E-state index < -0.39 is 0 Å². The maximum absolute atomic E-state index is 13.4. The number of hydrogen-bond acceptors (Lipinski definition) is 2. The topological polar surface area (TPSA) is 41.6 Å². The van der Waals surface area contributed by atoms with Crippen LogP contribution < -0.4 is 0 Å². The Labute approximate surface area is 92.7 Å². The summed E-state index contributed by atoms with van der Waals surface area (Å²) in [6.45, 7) is 1.74. The monoisotopic (exact) mass is 217 g/mol. The van der Waals surface area contributed by atoms with Gasteiger partial charge in [-0.1, -0.05) is 12.1 Å². The number of aromatic amines is 1. The molecule has 82 valence electrons. The fraction of sp³-hybridized carbons (Fsp3) is 0.333. The van der Waals surface area contributed by atoms with Crippen LogP contribution in [0.3, 0.4) is 0 Å². The molecule has 0 unspecified atom stereocenters. The number of nitrogens with zero attached hydrogens (tertiary/aromatic N) is 2. The first kappa shape index (κ1) is 9.51. The largest absolute Gasteiger partial charge is 0.262 e. The minimum atomic E-state index is -0.213. The lowest BCUT2D eigenvalue weighted by molar-refractivity contribution is 0.619. The summed E-state index contributed by atoms with van der Waals surface area (Å²) < 4.78 is 13.4. The Kier molecular flexibility index (Phi) is 2.02. The fourth-order valence-corrected chi connectivity index (χ4v) is 1.67. The summed E-state index contributed by atoms with van der Waals surface area (Å²) in [5, 5.41) is 7.03. The van der Waals surface area contributed by atoms with E-state index in [4.69, 9.17) is 0 Å². The molecule has 4 heteroatoms. The van der Waals surface area contributed by atoms with Gasteiger partial charge in [0.2, 0.25) is 0 Å². The van der Waals surface area contributed by atoms with Gasteiger partial charge in [-0.3, -0.25) is 5.10 Å². The molecule has 1 saturated carbocycles. The van der Waals surface area contributed by atoms with Crippen molar-refractivity contribution in [3.05, 3.63) is 35.4 Å². The average Bonchev–Trinajstić information content (AvgIpc) is 3.01. The van der Waals surface area contributed by atoms with Crippen LogP contribution in [0.25, 0.3) is 11.4 Å². The summed E-state index contributed by atoms with van der Waals surface area (Å²) in [5.41, 5.74) is 1.37. The molecule has 2 aromatic rings. The van der Waals surface area contributed by atoms with E-state index in [1.807, 2.05) is 6.07 Å². The van der Waals surface area contributed by atoms with Crippen LogP contribution in [0.1, 0.15) is 30.1 Å². The van der Waals surface area contributed by atoms with E-state index in [1.165, 1.54) is 18.9 Å². The van der Waals surface area contributed by atoms with Crippen molar-refractivity contribution >= 4 is 0 Å². The molecular weight excluding hydrogens is 205 g/mol. The van der Waals surface area contributed by atoms with Crippen LogP contribution >= 0.6 is 0 Å². The van der Waals surface area contributed by atoms with Gasteiger partial charge in [0.1, 0.15) is 11.6 Å². The highest BCUT2D eigenvalue weighted by molar-refractivity contribution is 5.55. The number of aromatic nitrogens is 3. The molecule has 1 aliphatic carbocycles. The second-order valence-electron chi connectivity index (χ2n) is 4.28. The highest BCUT2D eigenvalue weighted by atomic mass is 19.1. The molecule has 0 atom stereocenters. The number of nitrogens with one attached hydrogen (secondary N) is 1. The smallest absolute Gasteiger partial charge is 0.181 e. The predicted molar refractivity (Wildman–Crippen MR) is 58.5 cm³/mol. The molecule has 1 aromatic heterocycles. The zero-order valence-electron chi connectivity index (χ0n) is 9.00. The molecule has 0 saturated heterocycles. The van der Waals surface area contributed by atoms with E-state index in [9.17, 15) is 4.39 Å². The van der Waals surface area contributed by atoms with Gasteiger partial charge in [0.05, 0.1) is 0 Å². The number of hydrogen-bond donors (Lipinski definition) is 1. The van der Waals surface area contributed by atoms with E-state index in [-0.39, 0.29) is 5.82 Å². The molecular formula is C12H12FN3. The molecule has 1 heterocycles. The normalized spacial score (nSPS) is 15.4. The van der Waals surface area contributed by atoms with Gasteiger partial charge in [-0.2, -0.15) is 5.10 Å². The van der Waals surface area contributed by atoms with E-state index in [2.05, 4.69) is 15.2 Å². The first-order valence-corrected chi connectivity index (χ1v) is 5.43. The van der Waals surface area contributed by atoms with Gasteiger partial charge in [-0.25, -0.2) is 9.37 Å². The van der Waals surface area contributed by atoms with Crippen LogP contribution in [0.2, 0.25) is 0 Å². The van der Waals surface area contributed by atoms with Gasteiger partial charge in [0.25, 0.3) is 0 Å². The fourth-order valence-electron chi connectivity index (χ4n) is 1.67. The van der Waals surface area contributed by atoms with Crippen LogP contribution in [0.15, 0.2) is 18.2 Å². The molecule has 0 radical (unpaired) electrons. The Hall–Kier alpha value is -1.71. The molecule has 16 heavy (non-hydrogen) atoms. The van der Waals surface area contributed by atoms with Crippen molar-refractivity contribution in [1.82, 2.24) is 15.2 Å². The molecule has 1 aromatic carbocycles. The van der Waals surface area contributed by atoms with Crippen LogP contribution in [0.4, 0.5) is 4.39 Å². The Balaban J connectivity index is 1.97. The number of halogens is 1. The maximum atomic E-state index is 13.4. The predicted octanol–water partition coefficient (Wildman–Crippen LogP) is 2.80. The molecule has 0 amide bonds. The number of aryl methyl sites for hydroxylation is 1. The minimum Gasteiger partial charge on any atom is -0.262 e. The Morgan fingerprint density at radius 2 is 2.19 bits per heavy atom. The molecule has 1 aliphatic rings. The number of H-pyrrole nitrogens is 1. The zero-order valence-corrected chi connectivity index (χ0v) is 9.00. The second-order valence-corrected chi connectivity index (χ2v) is 4.28. The summed E-state index contributed by atoms with van der Waals surface area (Å²) in [6, 6.07) is 5.07. The van der Waals surface area contributed by atoms with Crippen molar-refractivity contribution in [2.45, 2.75) is 25.7 Å². The summed E-state index contributed by atoms with van der Waals surface area (Å²) in [6.07, 6.45) is 2.35. The lowest BCUT2D eigenvalue weighted by atomic mass is 10.1. The Morgan fingerprint density at radius 3 is 2.88 bits per heavy atom. The average molecular weight is 217 g/mol. The first-order valence-electron chi connectivity index (χ1n) is 5.43. The highest BCUT2D eigenvalue weighted by Gasteiger charge is 2.27. The van der Waals surface area contributed by atoms with Crippen LogP contribution in [-0.4, -0.2) is 15.2 Å². The molecule has 0 aliphatic heterocycles. The summed E-state index contributed by atoms with van der Waals surface area (Å²) in [5.74, 6) is 1.84. The first-order chi connectivity index (χ1) is 7.74. The molecule has 3 rings (SSSR count). The lowest BCUT2D eigenvalue weighted by Crippen LogP contribution is -1.86. The SMILES string of the molecule is Cc1ccc(-c2n[nH]c(C3CC3)n2)cc1F. The third kappa shape index (κ3) is 1.60. The molecule has 0 bridgehead atoms. The molecule has 1 fully saturated rings. The van der Waals surface area contributed by atoms with Gasteiger partial charge >= 0.3 is 0 Å². The third-order valence-electron chi connectivity index (χ3n) is 2.90. The van der Waals surface area contributed by atoms with Gasteiger partial charge in [-0.15, -0.1) is 0 Å². The van der Waals surface area contributed by atoms with Crippen LogP contribution in [0, 0.1) is 12.7 Å². The van der Waals surface area contributed by atoms with Crippen molar-refractivity contribution in [2.75, 3.05) is 0 Å². The van der Waals surface area contributed by atoms with Gasteiger partial charge in [0, 0.05) is 11.5 Å². The van der Waals surface area contributed by atoms with E-state index >= 15 is 0 Å². The summed E-state index contributed by atoms with van der Waals surface area (Å²) in [4.78, 5) is 4.38. The van der Waals surface area contributed by atoms with Gasteiger partial charge in [0.15, 0.2) is 5.82 Å². The maximum Gasteiger partial charge on any atom is 0.181 e. The lowest BCUT2D eigenvalue weighted by Gasteiger charge is -1.98.